The van der Waals surface area contributed by atoms with Gasteiger partial charge in [0.2, 0.25) is 0 Å². The Balaban J connectivity index is 0.00000300. The number of hydrogen-bond donors (Lipinski definition) is 0. The van der Waals surface area contributed by atoms with Gasteiger partial charge in [-0.05, 0) is 66.8 Å². The van der Waals surface area contributed by atoms with E-state index >= 15 is 0 Å². The second-order valence-corrected chi connectivity index (χ2v) is 7.31. The van der Waals surface area contributed by atoms with Crippen molar-refractivity contribution in [1.29, 1.82) is 0 Å². The molecule has 0 amide bonds. The van der Waals surface area contributed by atoms with Crippen LogP contribution in [0.2, 0.25) is 0 Å². The molecule has 0 spiro atoms. The number of halogens is 4. The molecule has 0 aromatic heterocycles. The van der Waals surface area contributed by atoms with Crippen LogP contribution in [0.15, 0.2) is 42.5 Å². The number of nitrogens with zero attached hydrogens (tertiary/aromatic N) is 1. The smallest absolute Gasteiger partial charge is 0.549 e. The summed E-state index contributed by atoms with van der Waals surface area (Å²) >= 11 is 0. The molecule has 0 radical (unpaired) electrons. The molecule has 3 rings (SSSR count). The molecule has 150 valence electrons. The fourth-order valence-electron chi connectivity index (χ4n) is 4.07. The van der Waals surface area contributed by atoms with E-state index in [1.54, 1.807) is 24.1 Å². The Morgan fingerprint density at radius 3 is 2.41 bits per heavy atom. The first kappa shape index (κ1) is 23.5. The molecule has 2 atom stereocenters. The molecule has 2 aromatic carbocycles. The number of aliphatic carboxylic acids is 1. The first-order valence-electron chi connectivity index (χ1n) is 8.99. The number of carbonyl (C=O) groups excluding carboxylic acids is 1. The second kappa shape index (κ2) is 9.33. The zero-order valence-electron chi connectivity index (χ0n) is 16.3. The van der Waals surface area contributed by atoms with E-state index in [2.05, 4.69) is 0 Å². The third-order valence-electron chi connectivity index (χ3n) is 5.24. The van der Waals surface area contributed by atoms with Crippen LogP contribution < -0.4 is 24.0 Å². The molecule has 0 bridgehead atoms. The van der Waals surface area contributed by atoms with Crippen molar-refractivity contribution in [3.05, 3.63) is 70.5 Å². The van der Waals surface area contributed by atoms with Gasteiger partial charge in [-0.1, -0.05) is 18.2 Å². The molecule has 0 unspecified atom stereocenters. The molecular weight excluding hydrogens is 381 g/mol. The van der Waals surface area contributed by atoms with Gasteiger partial charge in [-0.25, -0.2) is 4.39 Å². The van der Waals surface area contributed by atoms with Gasteiger partial charge in [-0.2, -0.15) is 13.2 Å². The Bertz CT molecular complexity index is 855. The maximum atomic E-state index is 13.4. The van der Waals surface area contributed by atoms with Crippen LogP contribution in [0.4, 0.5) is 17.6 Å². The molecule has 0 fully saturated rings. The summed E-state index contributed by atoms with van der Waals surface area (Å²) in [5.41, 5.74) is 1.52. The van der Waals surface area contributed by atoms with E-state index in [0.29, 0.717) is 24.9 Å². The van der Waals surface area contributed by atoms with Crippen molar-refractivity contribution in [2.45, 2.75) is 24.9 Å². The number of likely N-dealkylation sites (N-methyl/N-ethyl adjacent to an activating group) is 1. The van der Waals surface area contributed by atoms with Crippen molar-refractivity contribution in [3.8, 4) is 0 Å². The minimum absolute atomic E-state index is 0. The SMILES string of the molecule is CN(CC(=O)[O-])C[C@H]1CCc2cc(C(F)(F)F)ccc2[C@H]1c1ccc(F)cc1.[Li+]. The molecule has 0 heterocycles. The summed E-state index contributed by atoms with van der Waals surface area (Å²) < 4.78 is 52.6. The third kappa shape index (κ3) is 5.63. The van der Waals surface area contributed by atoms with E-state index in [1.165, 1.54) is 24.3 Å². The molecular formula is C21H20F4LiNO2. The van der Waals surface area contributed by atoms with Crippen molar-refractivity contribution in [3.63, 3.8) is 0 Å². The van der Waals surface area contributed by atoms with Crippen LogP contribution in [-0.4, -0.2) is 31.0 Å². The van der Waals surface area contributed by atoms with E-state index in [4.69, 9.17) is 0 Å². The number of rotatable bonds is 5. The van der Waals surface area contributed by atoms with Gasteiger partial charge in [0, 0.05) is 19.0 Å². The molecule has 1 aliphatic carbocycles. The number of carboxylic acids is 1. The molecule has 0 saturated carbocycles. The van der Waals surface area contributed by atoms with E-state index in [1.807, 2.05) is 0 Å². The molecule has 0 N–H and O–H groups in total. The maximum Gasteiger partial charge on any atom is 1.00 e. The van der Waals surface area contributed by atoms with Gasteiger partial charge in [0.05, 0.1) is 11.5 Å². The van der Waals surface area contributed by atoms with Gasteiger partial charge >= 0.3 is 25.0 Å². The summed E-state index contributed by atoms with van der Waals surface area (Å²) in [4.78, 5) is 12.5. The summed E-state index contributed by atoms with van der Waals surface area (Å²) in [7, 11) is 1.67. The van der Waals surface area contributed by atoms with Gasteiger partial charge in [0.25, 0.3) is 0 Å². The number of carbonyl (C=O) groups is 1. The molecule has 29 heavy (non-hydrogen) atoms. The summed E-state index contributed by atoms with van der Waals surface area (Å²) in [6.45, 7) is 0.211. The molecule has 0 saturated heterocycles. The van der Waals surface area contributed by atoms with Crippen LogP contribution in [0.25, 0.3) is 0 Å². The Labute approximate surface area is 178 Å². The van der Waals surface area contributed by atoms with Gasteiger partial charge in [0.1, 0.15) is 5.82 Å². The largest absolute Gasteiger partial charge is 1.00 e. The van der Waals surface area contributed by atoms with E-state index in [-0.39, 0.29) is 37.2 Å². The first-order valence-corrected chi connectivity index (χ1v) is 8.99. The first-order chi connectivity index (χ1) is 13.1. The zero-order valence-corrected chi connectivity index (χ0v) is 16.3. The number of benzene rings is 2. The van der Waals surface area contributed by atoms with E-state index in [9.17, 15) is 27.5 Å². The molecule has 3 nitrogen and oxygen atoms in total. The summed E-state index contributed by atoms with van der Waals surface area (Å²) in [5.74, 6) is -1.83. The number of carboxylic acid groups (broad SMARTS) is 1. The van der Waals surface area contributed by atoms with Crippen LogP contribution in [0.5, 0.6) is 0 Å². The van der Waals surface area contributed by atoms with E-state index < -0.39 is 23.5 Å². The topological polar surface area (TPSA) is 43.4 Å². The van der Waals surface area contributed by atoms with Crippen molar-refractivity contribution >= 4 is 5.97 Å². The Kier molecular flexibility index (Phi) is 7.55. The predicted octanol–water partition coefficient (Wildman–Crippen LogP) is 0.225. The van der Waals surface area contributed by atoms with Gasteiger partial charge in [-0.3, -0.25) is 0 Å². The van der Waals surface area contributed by atoms with Crippen molar-refractivity contribution in [2.75, 3.05) is 20.1 Å². The van der Waals surface area contributed by atoms with Crippen LogP contribution >= 0.6 is 0 Å². The quantitative estimate of drug-likeness (QED) is 0.532. The van der Waals surface area contributed by atoms with Gasteiger partial charge < -0.3 is 14.8 Å². The van der Waals surface area contributed by atoms with E-state index in [0.717, 1.165) is 17.2 Å². The predicted molar refractivity (Wildman–Crippen MR) is 94.0 cm³/mol. The Hall–Kier alpha value is -1.81. The zero-order chi connectivity index (χ0) is 20.5. The number of aryl methyl sites for hydroxylation is 1. The van der Waals surface area contributed by atoms with Gasteiger partial charge in [-0.15, -0.1) is 0 Å². The average Bonchev–Trinajstić information content (AvgIpc) is 2.60. The molecule has 1 aliphatic rings. The summed E-state index contributed by atoms with van der Waals surface area (Å²) in [6.07, 6.45) is -3.33. The normalized spacial score (nSPS) is 18.8. The number of alkyl halides is 3. The minimum atomic E-state index is -4.41. The van der Waals surface area contributed by atoms with Crippen LogP contribution in [0.1, 0.15) is 34.6 Å². The Morgan fingerprint density at radius 1 is 1.17 bits per heavy atom. The number of fused-ring (bicyclic) bond motifs is 1. The minimum Gasteiger partial charge on any atom is -0.549 e. The molecule has 0 aliphatic heterocycles. The third-order valence-corrected chi connectivity index (χ3v) is 5.24. The molecule has 8 heteroatoms. The molecule has 2 aromatic rings. The summed E-state index contributed by atoms with van der Waals surface area (Å²) in [5, 5.41) is 10.9. The average molecular weight is 401 g/mol. The monoisotopic (exact) mass is 401 g/mol. The Morgan fingerprint density at radius 2 is 1.83 bits per heavy atom. The van der Waals surface area contributed by atoms with Crippen LogP contribution in [0.3, 0.4) is 0 Å². The maximum absolute atomic E-state index is 13.4. The fourth-order valence-corrected chi connectivity index (χ4v) is 4.07. The number of hydrogen-bond acceptors (Lipinski definition) is 3. The van der Waals surface area contributed by atoms with Crippen molar-refractivity contribution in [1.82, 2.24) is 4.90 Å². The summed E-state index contributed by atoms with van der Waals surface area (Å²) in [6, 6.07) is 9.69. The van der Waals surface area contributed by atoms with Crippen molar-refractivity contribution in [2.24, 2.45) is 5.92 Å². The second-order valence-electron chi connectivity index (χ2n) is 7.31. The van der Waals surface area contributed by atoms with Crippen molar-refractivity contribution < 1.29 is 46.3 Å². The van der Waals surface area contributed by atoms with Crippen LogP contribution in [0, 0.1) is 11.7 Å². The van der Waals surface area contributed by atoms with Gasteiger partial charge in [0.15, 0.2) is 0 Å². The standard InChI is InChI=1S/C21H21F4NO2.Li/c1-26(12-19(27)28)11-15-3-2-14-10-16(21(23,24)25)6-9-18(14)20(15)13-4-7-17(22)8-5-13;/h4-10,15,20H,2-3,11-12H2,1H3,(H,27,28);/q;+1/p-1/t15-,20+;/m1./s1. The van der Waals surface area contributed by atoms with Crippen LogP contribution in [-0.2, 0) is 17.4 Å². The fraction of sp³-hybridized carbons (Fsp3) is 0.381.